The Morgan fingerprint density at radius 3 is 2.56 bits per heavy atom. The molecule has 4 nitrogen and oxygen atoms in total. The quantitative estimate of drug-likeness (QED) is 0.570. The maximum absolute atomic E-state index is 12.1. The minimum atomic E-state index is -0.365. The first kappa shape index (κ1) is 19.4. The number of anilines is 1. The van der Waals surface area contributed by atoms with E-state index in [1.54, 1.807) is 0 Å². The second kappa shape index (κ2) is 8.45. The van der Waals surface area contributed by atoms with Crippen molar-refractivity contribution in [1.82, 2.24) is 5.32 Å². The molecule has 0 aliphatic heterocycles. The Hall–Kier alpha value is -1.92. The standard InChI is InChI=1S/C19H24N2O2S2/c1-5-19(2,3)21-18(24)20-16-15(17(22)23-4)12-14(25-16)11-13-9-7-6-8-10-13/h6-10,12H,5,11H2,1-4H3,(H2,20,21,24). The molecule has 0 aliphatic carbocycles. The normalized spacial score (nSPS) is 11.0. The monoisotopic (exact) mass is 376 g/mol. The molecule has 2 N–H and O–H groups in total. The molecule has 6 heteroatoms. The predicted molar refractivity (Wildman–Crippen MR) is 109 cm³/mol. The zero-order valence-electron chi connectivity index (χ0n) is 15.0. The van der Waals surface area contributed by atoms with E-state index < -0.39 is 0 Å². The highest BCUT2D eigenvalue weighted by Crippen LogP contribution is 2.30. The molecular formula is C19H24N2O2S2. The van der Waals surface area contributed by atoms with Crippen LogP contribution in [0.25, 0.3) is 0 Å². The van der Waals surface area contributed by atoms with Crippen LogP contribution in [0.2, 0.25) is 0 Å². The van der Waals surface area contributed by atoms with Gasteiger partial charge in [-0.25, -0.2) is 4.79 Å². The first-order valence-electron chi connectivity index (χ1n) is 8.18. The second-order valence-electron chi connectivity index (χ2n) is 6.43. The van der Waals surface area contributed by atoms with Crippen LogP contribution in [-0.4, -0.2) is 23.7 Å². The van der Waals surface area contributed by atoms with Crippen LogP contribution < -0.4 is 10.6 Å². The van der Waals surface area contributed by atoms with Crippen molar-refractivity contribution in [2.75, 3.05) is 12.4 Å². The van der Waals surface area contributed by atoms with E-state index in [4.69, 9.17) is 17.0 Å². The number of hydrogen-bond donors (Lipinski definition) is 2. The number of rotatable bonds is 6. The summed E-state index contributed by atoms with van der Waals surface area (Å²) in [7, 11) is 1.39. The Morgan fingerprint density at radius 1 is 1.28 bits per heavy atom. The average molecular weight is 377 g/mol. The summed E-state index contributed by atoms with van der Waals surface area (Å²) in [6.45, 7) is 6.26. The van der Waals surface area contributed by atoms with Gasteiger partial charge in [-0.15, -0.1) is 11.3 Å². The van der Waals surface area contributed by atoms with Crippen molar-refractivity contribution in [3.05, 3.63) is 52.4 Å². The van der Waals surface area contributed by atoms with Crippen LogP contribution in [-0.2, 0) is 11.2 Å². The van der Waals surface area contributed by atoms with Gasteiger partial charge in [-0.2, -0.15) is 0 Å². The molecule has 0 saturated heterocycles. The summed E-state index contributed by atoms with van der Waals surface area (Å²) in [5.41, 5.74) is 1.59. The van der Waals surface area contributed by atoms with Crippen LogP contribution in [0.1, 0.15) is 48.0 Å². The van der Waals surface area contributed by atoms with Gasteiger partial charge in [0.2, 0.25) is 0 Å². The van der Waals surface area contributed by atoms with Crippen molar-refractivity contribution in [2.45, 2.75) is 39.2 Å². The maximum Gasteiger partial charge on any atom is 0.340 e. The van der Waals surface area contributed by atoms with Crippen LogP contribution in [0.4, 0.5) is 5.00 Å². The fourth-order valence-corrected chi connectivity index (χ4v) is 3.74. The lowest BCUT2D eigenvalue weighted by Crippen LogP contribution is -2.44. The van der Waals surface area contributed by atoms with Gasteiger partial charge in [0.15, 0.2) is 5.11 Å². The average Bonchev–Trinajstić information content (AvgIpc) is 2.96. The van der Waals surface area contributed by atoms with Crippen molar-refractivity contribution in [3.63, 3.8) is 0 Å². The number of carbonyl (C=O) groups excluding carboxylic acids is 1. The summed E-state index contributed by atoms with van der Waals surface area (Å²) in [4.78, 5) is 13.2. The first-order valence-corrected chi connectivity index (χ1v) is 9.41. The molecule has 0 spiro atoms. The van der Waals surface area contributed by atoms with E-state index in [0.29, 0.717) is 15.7 Å². The van der Waals surface area contributed by atoms with E-state index in [1.165, 1.54) is 24.0 Å². The van der Waals surface area contributed by atoms with Gasteiger partial charge >= 0.3 is 5.97 Å². The lowest BCUT2D eigenvalue weighted by Gasteiger charge is -2.26. The number of ether oxygens (including phenoxy) is 1. The smallest absolute Gasteiger partial charge is 0.340 e. The molecule has 0 fully saturated rings. The third-order valence-corrected chi connectivity index (χ3v) is 5.23. The number of thiocarbonyl (C=S) groups is 1. The van der Waals surface area contributed by atoms with E-state index in [2.05, 4.69) is 43.5 Å². The lowest BCUT2D eigenvalue weighted by molar-refractivity contribution is 0.0602. The minimum absolute atomic E-state index is 0.111. The molecule has 0 unspecified atom stereocenters. The molecular weight excluding hydrogens is 352 g/mol. The minimum Gasteiger partial charge on any atom is -0.465 e. The molecule has 0 bridgehead atoms. The highest BCUT2D eigenvalue weighted by molar-refractivity contribution is 7.80. The molecule has 1 aromatic heterocycles. The summed E-state index contributed by atoms with van der Waals surface area (Å²) in [6.07, 6.45) is 1.69. The Balaban J connectivity index is 2.20. The van der Waals surface area contributed by atoms with Crippen molar-refractivity contribution in [3.8, 4) is 0 Å². The fraction of sp³-hybridized carbons (Fsp3) is 0.368. The molecule has 0 amide bonds. The highest BCUT2D eigenvalue weighted by atomic mass is 32.1. The Morgan fingerprint density at radius 2 is 1.96 bits per heavy atom. The number of carbonyl (C=O) groups is 1. The predicted octanol–water partition coefficient (Wildman–Crippen LogP) is 4.60. The van der Waals surface area contributed by atoms with Crippen LogP contribution in [0.5, 0.6) is 0 Å². The number of methoxy groups -OCH3 is 1. The molecule has 2 rings (SSSR count). The van der Waals surface area contributed by atoms with Gasteiger partial charge in [0.1, 0.15) is 5.00 Å². The summed E-state index contributed by atoms with van der Waals surface area (Å²) in [5.74, 6) is -0.365. The summed E-state index contributed by atoms with van der Waals surface area (Å²) in [5, 5.41) is 7.65. The zero-order chi connectivity index (χ0) is 18.4. The lowest BCUT2D eigenvalue weighted by atomic mass is 10.0. The summed E-state index contributed by atoms with van der Waals surface area (Å²) < 4.78 is 4.91. The Bertz CT molecular complexity index is 739. The molecule has 0 saturated carbocycles. The van der Waals surface area contributed by atoms with E-state index in [1.807, 2.05) is 24.3 Å². The molecule has 0 aliphatic rings. The summed E-state index contributed by atoms with van der Waals surface area (Å²) in [6, 6.07) is 12.0. The molecule has 2 aromatic rings. The molecule has 134 valence electrons. The van der Waals surface area contributed by atoms with Crippen molar-refractivity contribution in [2.24, 2.45) is 0 Å². The largest absolute Gasteiger partial charge is 0.465 e. The third-order valence-electron chi connectivity index (χ3n) is 3.97. The number of esters is 1. The van der Waals surface area contributed by atoms with Crippen molar-refractivity contribution < 1.29 is 9.53 Å². The van der Waals surface area contributed by atoms with E-state index in [-0.39, 0.29) is 11.5 Å². The zero-order valence-corrected chi connectivity index (χ0v) is 16.6. The van der Waals surface area contributed by atoms with Gasteiger partial charge in [0, 0.05) is 16.8 Å². The van der Waals surface area contributed by atoms with Crippen LogP contribution in [0.3, 0.4) is 0 Å². The van der Waals surface area contributed by atoms with Gasteiger partial charge in [-0.3, -0.25) is 0 Å². The van der Waals surface area contributed by atoms with E-state index in [9.17, 15) is 4.79 Å². The van der Waals surface area contributed by atoms with Gasteiger partial charge in [0.05, 0.1) is 12.7 Å². The molecule has 0 atom stereocenters. The fourth-order valence-electron chi connectivity index (χ4n) is 2.21. The van der Waals surface area contributed by atoms with Crippen LogP contribution >= 0.6 is 23.6 Å². The SMILES string of the molecule is CCC(C)(C)NC(=S)Nc1sc(Cc2ccccc2)cc1C(=O)OC. The topological polar surface area (TPSA) is 50.4 Å². The van der Waals surface area contributed by atoms with Crippen LogP contribution in [0, 0.1) is 0 Å². The highest BCUT2D eigenvalue weighted by Gasteiger charge is 2.20. The molecule has 1 aromatic carbocycles. The number of nitrogens with one attached hydrogen (secondary N) is 2. The van der Waals surface area contributed by atoms with Crippen molar-refractivity contribution in [1.29, 1.82) is 0 Å². The Kier molecular flexibility index (Phi) is 6.56. The number of hydrogen-bond acceptors (Lipinski definition) is 4. The van der Waals surface area contributed by atoms with Crippen LogP contribution in [0.15, 0.2) is 36.4 Å². The first-order chi connectivity index (χ1) is 11.8. The van der Waals surface area contributed by atoms with E-state index in [0.717, 1.165) is 17.7 Å². The van der Waals surface area contributed by atoms with Gasteiger partial charge in [0.25, 0.3) is 0 Å². The number of benzene rings is 1. The summed E-state index contributed by atoms with van der Waals surface area (Å²) >= 11 is 6.92. The van der Waals surface area contributed by atoms with E-state index >= 15 is 0 Å². The third kappa shape index (κ3) is 5.54. The molecule has 0 radical (unpaired) electrons. The maximum atomic E-state index is 12.1. The van der Waals surface area contributed by atoms with Gasteiger partial charge in [-0.1, -0.05) is 37.3 Å². The second-order valence-corrected chi connectivity index (χ2v) is 7.97. The van der Waals surface area contributed by atoms with Crippen molar-refractivity contribution >= 4 is 39.6 Å². The molecule has 25 heavy (non-hydrogen) atoms. The molecule has 1 heterocycles. The van der Waals surface area contributed by atoms with Gasteiger partial charge in [-0.05, 0) is 44.1 Å². The van der Waals surface area contributed by atoms with Gasteiger partial charge < -0.3 is 15.4 Å². The number of thiophene rings is 1. The Labute approximate surface area is 158 Å².